The maximum Gasteiger partial charge on any atom is 0.308 e. The summed E-state index contributed by atoms with van der Waals surface area (Å²) in [7, 11) is 0. The van der Waals surface area contributed by atoms with Crippen LogP contribution in [0.1, 0.15) is 23.7 Å². The van der Waals surface area contributed by atoms with Gasteiger partial charge in [-0.3, -0.25) is 19.7 Å². The number of benzene rings is 1. The van der Waals surface area contributed by atoms with Gasteiger partial charge in [-0.1, -0.05) is 18.5 Å². The van der Waals surface area contributed by atoms with Gasteiger partial charge in [0.2, 0.25) is 0 Å². The maximum absolute atomic E-state index is 12.6. The van der Waals surface area contributed by atoms with E-state index in [9.17, 15) is 19.7 Å². The van der Waals surface area contributed by atoms with Crippen LogP contribution in [0.4, 0.5) is 5.69 Å². The number of piperidine rings is 1. The van der Waals surface area contributed by atoms with Gasteiger partial charge in [0.15, 0.2) is 0 Å². The standard InChI is InChI=1S/C14H15ClN2O5/c1-8-4-9(14(19)20)7-16(6-8)13(18)11-5-10(15)2-3-12(11)17(21)22/h2-3,5,8-9H,4,6-7H2,1H3,(H,19,20). The number of nitro benzene ring substituents is 1. The first kappa shape index (κ1) is 16.2. The maximum atomic E-state index is 12.6. The van der Waals surface area contributed by atoms with Crippen LogP contribution in [0.3, 0.4) is 0 Å². The van der Waals surface area contributed by atoms with E-state index >= 15 is 0 Å². The van der Waals surface area contributed by atoms with E-state index < -0.39 is 22.7 Å². The summed E-state index contributed by atoms with van der Waals surface area (Å²) in [5.41, 5.74) is -0.449. The topological polar surface area (TPSA) is 101 Å². The molecule has 1 heterocycles. The Labute approximate surface area is 131 Å². The van der Waals surface area contributed by atoms with Gasteiger partial charge in [0.1, 0.15) is 5.56 Å². The third-order valence-electron chi connectivity index (χ3n) is 3.68. The van der Waals surface area contributed by atoms with Crippen molar-refractivity contribution in [2.75, 3.05) is 13.1 Å². The second-order valence-corrected chi connectivity index (χ2v) is 5.94. The number of rotatable bonds is 3. The molecule has 0 saturated carbocycles. The molecule has 1 N–H and O–H groups in total. The lowest BCUT2D eigenvalue weighted by atomic mass is 9.90. The largest absolute Gasteiger partial charge is 0.481 e. The Hall–Kier alpha value is -2.15. The summed E-state index contributed by atoms with van der Waals surface area (Å²) in [6.45, 7) is 2.26. The first-order chi connectivity index (χ1) is 10.3. The van der Waals surface area contributed by atoms with Gasteiger partial charge in [0, 0.05) is 24.2 Å². The van der Waals surface area contributed by atoms with Crippen molar-refractivity contribution in [3.05, 3.63) is 38.9 Å². The zero-order chi connectivity index (χ0) is 16.4. The van der Waals surface area contributed by atoms with Crippen LogP contribution >= 0.6 is 11.6 Å². The van der Waals surface area contributed by atoms with Crippen LogP contribution in [0.25, 0.3) is 0 Å². The van der Waals surface area contributed by atoms with E-state index in [0.29, 0.717) is 13.0 Å². The Kier molecular flexibility index (Phi) is 4.65. The zero-order valence-corrected chi connectivity index (χ0v) is 12.6. The molecule has 2 unspecified atom stereocenters. The number of nitrogens with zero attached hydrogens (tertiary/aromatic N) is 2. The molecule has 1 fully saturated rings. The van der Waals surface area contributed by atoms with Crippen molar-refractivity contribution in [2.24, 2.45) is 11.8 Å². The van der Waals surface area contributed by atoms with E-state index in [1.807, 2.05) is 6.92 Å². The van der Waals surface area contributed by atoms with Crippen molar-refractivity contribution in [3.8, 4) is 0 Å². The molecule has 0 aromatic heterocycles. The number of amides is 1. The zero-order valence-electron chi connectivity index (χ0n) is 11.9. The SMILES string of the molecule is CC1CC(C(=O)O)CN(C(=O)c2cc(Cl)ccc2[N+](=O)[O-])C1. The molecule has 118 valence electrons. The number of hydrogen-bond donors (Lipinski definition) is 1. The van der Waals surface area contributed by atoms with Crippen molar-refractivity contribution < 1.29 is 19.6 Å². The third-order valence-corrected chi connectivity index (χ3v) is 3.92. The highest BCUT2D eigenvalue weighted by molar-refractivity contribution is 6.31. The number of carboxylic acids is 1. The van der Waals surface area contributed by atoms with E-state index in [1.54, 1.807) is 0 Å². The lowest BCUT2D eigenvalue weighted by Crippen LogP contribution is -2.45. The summed E-state index contributed by atoms with van der Waals surface area (Å²) in [5.74, 6) is -2.18. The second-order valence-electron chi connectivity index (χ2n) is 5.50. The van der Waals surface area contributed by atoms with Crippen LogP contribution in [0.2, 0.25) is 5.02 Å². The quantitative estimate of drug-likeness (QED) is 0.679. The van der Waals surface area contributed by atoms with Gasteiger partial charge in [-0.25, -0.2) is 0 Å². The number of nitro groups is 1. The molecule has 1 aliphatic rings. The van der Waals surface area contributed by atoms with Crippen LogP contribution in [0.15, 0.2) is 18.2 Å². The number of aliphatic carboxylic acids is 1. The number of halogens is 1. The van der Waals surface area contributed by atoms with Crippen LogP contribution in [0, 0.1) is 22.0 Å². The van der Waals surface area contributed by atoms with E-state index in [-0.39, 0.29) is 28.7 Å². The Morgan fingerprint density at radius 3 is 2.68 bits per heavy atom. The molecule has 0 bridgehead atoms. The van der Waals surface area contributed by atoms with Crippen molar-refractivity contribution in [3.63, 3.8) is 0 Å². The molecular weight excluding hydrogens is 312 g/mol. The highest BCUT2D eigenvalue weighted by atomic mass is 35.5. The summed E-state index contributed by atoms with van der Waals surface area (Å²) in [6.07, 6.45) is 0.483. The lowest BCUT2D eigenvalue weighted by Gasteiger charge is -2.34. The molecule has 1 amide bonds. The molecular formula is C14H15ClN2O5. The third kappa shape index (κ3) is 3.36. The van der Waals surface area contributed by atoms with Crippen molar-refractivity contribution in [2.45, 2.75) is 13.3 Å². The lowest BCUT2D eigenvalue weighted by molar-refractivity contribution is -0.385. The molecule has 7 nitrogen and oxygen atoms in total. The number of hydrogen-bond acceptors (Lipinski definition) is 4. The van der Waals surface area contributed by atoms with Crippen LogP contribution in [-0.4, -0.2) is 39.9 Å². The molecule has 0 spiro atoms. The van der Waals surface area contributed by atoms with E-state index in [1.165, 1.54) is 23.1 Å². The minimum atomic E-state index is -0.968. The van der Waals surface area contributed by atoms with Gasteiger partial charge in [-0.2, -0.15) is 0 Å². The van der Waals surface area contributed by atoms with Crippen LogP contribution in [0.5, 0.6) is 0 Å². The fourth-order valence-corrected chi connectivity index (χ4v) is 2.88. The van der Waals surface area contributed by atoms with E-state index in [2.05, 4.69) is 0 Å². The average molecular weight is 327 g/mol. The molecule has 0 radical (unpaired) electrons. The van der Waals surface area contributed by atoms with Crippen molar-refractivity contribution in [1.82, 2.24) is 4.90 Å². The Morgan fingerprint density at radius 2 is 2.09 bits per heavy atom. The van der Waals surface area contributed by atoms with Crippen molar-refractivity contribution in [1.29, 1.82) is 0 Å². The summed E-state index contributed by atoms with van der Waals surface area (Å²) in [4.78, 5) is 35.5. The number of carbonyl (C=O) groups is 2. The first-order valence-electron chi connectivity index (χ1n) is 6.75. The summed E-state index contributed by atoms with van der Waals surface area (Å²) in [5, 5.41) is 20.4. The molecule has 1 aliphatic heterocycles. The van der Waals surface area contributed by atoms with Gasteiger partial charge < -0.3 is 10.0 Å². The van der Waals surface area contributed by atoms with E-state index in [4.69, 9.17) is 16.7 Å². The first-order valence-corrected chi connectivity index (χ1v) is 7.13. The van der Waals surface area contributed by atoms with Gasteiger partial charge in [0.05, 0.1) is 10.8 Å². The normalized spacial score (nSPS) is 21.5. The summed E-state index contributed by atoms with van der Waals surface area (Å²) >= 11 is 5.82. The molecule has 1 saturated heterocycles. The second kappa shape index (κ2) is 6.31. The fourth-order valence-electron chi connectivity index (χ4n) is 2.71. The Morgan fingerprint density at radius 1 is 1.41 bits per heavy atom. The van der Waals surface area contributed by atoms with Gasteiger partial charge in [0.25, 0.3) is 11.6 Å². The minimum Gasteiger partial charge on any atom is -0.481 e. The number of carbonyl (C=O) groups excluding carboxylic acids is 1. The van der Waals surface area contributed by atoms with Crippen LogP contribution < -0.4 is 0 Å². The van der Waals surface area contributed by atoms with Gasteiger partial charge in [-0.05, 0) is 24.5 Å². The monoisotopic (exact) mass is 326 g/mol. The highest BCUT2D eigenvalue weighted by Crippen LogP contribution is 2.28. The Bertz CT molecular complexity index is 634. The number of likely N-dealkylation sites (tertiary alicyclic amines) is 1. The fraction of sp³-hybridized carbons (Fsp3) is 0.429. The molecule has 1 aromatic rings. The number of carboxylic acid groups (broad SMARTS) is 1. The molecule has 2 rings (SSSR count). The molecule has 22 heavy (non-hydrogen) atoms. The highest BCUT2D eigenvalue weighted by Gasteiger charge is 2.34. The molecule has 0 aliphatic carbocycles. The minimum absolute atomic E-state index is 0.0111. The molecule has 2 atom stereocenters. The van der Waals surface area contributed by atoms with Crippen LogP contribution in [-0.2, 0) is 4.79 Å². The predicted octanol–water partition coefficient (Wildman–Crippen LogP) is 2.43. The van der Waals surface area contributed by atoms with Gasteiger partial charge >= 0.3 is 5.97 Å². The van der Waals surface area contributed by atoms with Crippen molar-refractivity contribution >= 4 is 29.2 Å². The van der Waals surface area contributed by atoms with Gasteiger partial charge in [-0.15, -0.1) is 0 Å². The average Bonchev–Trinajstić information content (AvgIpc) is 2.45. The Balaban J connectivity index is 2.33. The summed E-state index contributed by atoms with van der Waals surface area (Å²) in [6, 6.07) is 3.77. The smallest absolute Gasteiger partial charge is 0.308 e. The van der Waals surface area contributed by atoms with E-state index in [0.717, 1.165) is 0 Å². The molecule has 8 heteroatoms. The summed E-state index contributed by atoms with van der Waals surface area (Å²) < 4.78 is 0. The molecule has 1 aromatic carbocycles. The predicted molar refractivity (Wildman–Crippen MR) is 78.9 cm³/mol.